The number of carboxylic acid groups (broad SMARTS) is 1. The first-order valence-corrected chi connectivity index (χ1v) is 5.62. The fourth-order valence-corrected chi connectivity index (χ4v) is 1.65. The van der Waals surface area contributed by atoms with Crippen molar-refractivity contribution in [3.63, 3.8) is 0 Å². The molecule has 1 unspecified atom stereocenters. The molecule has 0 heterocycles. The van der Waals surface area contributed by atoms with Gasteiger partial charge in [0.15, 0.2) is 0 Å². The molecule has 0 fully saturated rings. The largest absolute Gasteiger partial charge is 0.480 e. The molecule has 1 aromatic carbocycles. The normalized spacial score (nSPS) is 12.4. The number of carbonyl (C=O) groups is 1. The molecule has 98 valence electrons. The van der Waals surface area contributed by atoms with Crippen LogP contribution in [0.4, 0.5) is 5.69 Å². The van der Waals surface area contributed by atoms with Gasteiger partial charge in [-0.2, -0.15) is 0 Å². The summed E-state index contributed by atoms with van der Waals surface area (Å²) in [6, 6.07) is 5.32. The molecule has 0 aliphatic carbocycles. The van der Waals surface area contributed by atoms with E-state index in [0.29, 0.717) is 5.56 Å². The first-order valence-electron chi connectivity index (χ1n) is 5.62. The number of hydrogen-bond acceptors (Lipinski definition) is 4. The summed E-state index contributed by atoms with van der Waals surface area (Å²) >= 11 is 0. The number of hydrogen-bond donors (Lipinski definition) is 2. The Labute approximate surface area is 105 Å². The van der Waals surface area contributed by atoms with Crippen LogP contribution in [0, 0.1) is 10.1 Å². The van der Waals surface area contributed by atoms with Crippen molar-refractivity contribution in [2.24, 2.45) is 0 Å². The molecule has 0 spiro atoms. The summed E-state index contributed by atoms with van der Waals surface area (Å²) < 4.78 is 0. The summed E-state index contributed by atoms with van der Waals surface area (Å²) in [4.78, 5) is 21.2. The van der Waals surface area contributed by atoms with Gasteiger partial charge in [0.05, 0.1) is 4.92 Å². The highest BCUT2D eigenvalue weighted by Gasteiger charge is 2.19. The zero-order chi connectivity index (χ0) is 13.7. The summed E-state index contributed by atoms with van der Waals surface area (Å²) in [6.07, 6.45) is 0.217. The minimum Gasteiger partial charge on any atom is -0.480 e. The quantitative estimate of drug-likeness (QED) is 0.592. The van der Waals surface area contributed by atoms with Crippen molar-refractivity contribution >= 4 is 11.7 Å². The van der Waals surface area contributed by atoms with Gasteiger partial charge in [0.1, 0.15) is 6.04 Å². The van der Waals surface area contributed by atoms with E-state index in [2.05, 4.69) is 5.32 Å². The maximum absolute atomic E-state index is 11.1. The number of benzene rings is 1. The van der Waals surface area contributed by atoms with Gasteiger partial charge in [0, 0.05) is 18.2 Å². The van der Waals surface area contributed by atoms with Gasteiger partial charge in [0.2, 0.25) is 0 Å². The first kappa shape index (κ1) is 14.1. The van der Waals surface area contributed by atoms with Gasteiger partial charge < -0.3 is 10.4 Å². The van der Waals surface area contributed by atoms with Gasteiger partial charge in [-0.25, -0.2) is 0 Å². The Bertz CT molecular complexity index is 445. The fraction of sp³-hybridized carbons (Fsp3) is 0.417. The van der Waals surface area contributed by atoms with Crippen molar-refractivity contribution < 1.29 is 14.8 Å². The molecule has 0 aromatic heterocycles. The van der Waals surface area contributed by atoms with Gasteiger partial charge in [-0.1, -0.05) is 26.0 Å². The molecular formula is C12H16N2O4. The van der Waals surface area contributed by atoms with E-state index in [1.54, 1.807) is 12.1 Å². The van der Waals surface area contributed by atoms with Crippen LogP contribution in [-0.4, -0.2) is 28.1 Å². The molecule has 0 aliphatic heterocycles. The molecule has 2 N–H and O–H groups in total. The van der Waals surface area contributed by atoms with Crippen LogP contribution in [0.3, 0.4) is 0 Å². The fourth-order valence-electron chi connectivity index (χ4n) is 1.65. The van der Waals surface area contributed by atoms with Gasteiger partial charge in [-0.15, -0.1) is 0 Å². The number of nitrogens with zero attached hydrogens (tertiary/aromatic N) is 1. The van der Waals surface area contributed by atoms with E-state index in [1.807, 2.05) is 13.8 Å². The van der Waals surface area contributed by atoms with Crippen molar-refractivity contribution in [2.75, 3.05) is 0 Å². The summed E-state index contributed by atoms with van der Waals surface area (Å²) in [5, 5.41) is 22.6. The lowest BCUT2D eigenvalue weighted by Gasteiger charge is -2.17. The summed E-state index contributed by atoms with van der Waals surface area (Å²) in [6.45, 7) is 3.70. The van der Waals surface area contributed by atoms with Gasteiger partial charge in [-0.05, 0) is 12.0 Å². The Morgan fingerprint density at radius 3 is 2.67 bits per heavy atom. The molecule has 0 saturated heterocycles. The lowest BCUT2D eigenvalue weighted by atomic mass is 10.0. The molecule has 0 amide bonds. The predicted molar refractivity (Wildman–Crippen MR) is 66.5 cm³/mol. The zero-order valence-corrected chi connectivity index (χ0v) is 10.3. The average molecular weight is 252 g/mol. The number of non-ortho nitro benzene ring substituents is 1. The predicted octanol–water partition coefficient (Wildman–Crippen LogP) is 1.59. The molecule has 6 nitrogen and oxygen atoms in total. The van der Waals surface area contributed by atoms with Crippen molar-refractivity contribution in [3.05, 3.63) is 39.9 Å². The number of nitro benzene ring substituents is 1. The molecule has 0 saturated carbocycles. The second-order valence-electron chi connectivity index (χ2n) is 4.34. The van der Waals surface area contributed by atoms with Gasteiger partial charge in [0.25, 0.3) is 5.69 Å². The SMILES string of the molecule is CC(C)NC(Cc1cccc([N+](=O)[O-])c1)C(=O)O. The second kappa shape index (κ2) is 6.11. The van der Waals surface area contributed by atoms with Gasteiger partial charge >= 0.3 is 5.97 Å². The van der Waals surface area contributed by atoms with Crippen molar-refractivity contribution in [1.29, 1.82) is 0 Å². The first-order chi connectivity index (χ1) is 8.40. The van der Waals surface area contributed by atoms with Crippen LogP contribution < -0.4 is 5.32 Å². The van der Waals surface area contributed by atoms with Crippen LogP contribution in [0.1, 0.15) is 19.4 Å². The van der Waals surface area contributed by atoms with Crippen molar-refractivity contribution in [3.8, 4) is 0 Å². The number of nitro groups is 1. The van der Waals surface area contributed by atoms with Gasteiger partial charge in [-0.3, -0.25) is 14.9 Å². The minimum atomic E-state index is -0.963. The zero-order valence-electron chi connectivity index (χ0n) is 10.3. The number of nitrogens with one attached hydrogen (secondary N) is 1. The molecular weight excluding hydrogens is 236 g/mol. The highest BCUT2D eigenvalue weighted by Crippen LogP contribution is 2.14. The maximum atomic E-state index is 11.1. The molecule has 0 radical (unpaired) electrons. The van der Waals surface area contributed by atoms with Crippen LogP contribution in [0.2, 0.25) is 0 Å². The molecule has 1 rings (SSSR count). The van der Waals surface area contributed by atoms with Crippen molar-refractivity contribution in [1.82, 2.24) is 5.32 Å². The highest BCUT2D eigenvalue weighted by atomic mass is 16.6. The summed E-state index contributed by atoms with van der Waals surface area (Å²) in [7, 11) is 0. The number of rotatable bonds is 6. The highest BCUT2D eigenvalue weighted by molar-refractivity contribution is 5.74. The van der Waals surface area contributed by atoms with E-state index in [9.17, 15) is 14.9 Å². The molecule has 0 aliphatic rings. The van der Waals surface area contributed by atoms with Crippen LogP contribution in [0.5, 0.6) is 0 Å². The Morgan fingerprint density at radius 1 is 1.50 bits per heavy atom. The van der Waals surface area contributed by atoms with E-state index in [0.717, 1.165) is 0 Å². The third-order valence-corrected chi connectivity index (χ3v) is 2.39. The Hall–Kier alpha value is -1.95. The summed E-state index contributed by atoms with van der Waals surface area (Å²) in [5.74, 6) is -0.963. The Kier molecular flexibility index (Phi) is 4.79. The third kappa shape index (κ3) is 4.14. The maximum Gasteiger partial charge on any atom is 0.321 e. The van der Waals surface area contributed by atoms with E-state index in [1.165, 1.54) is 12.1 Å². The monoisotopic (exact) mass is 252 g/mol. The minimum absolute atomic E-state index is 0.0267. The molecule has 1 aromatic rings. The smallest absolute Gasteiger partial charge is 0.321 e. The van der Waals surface area contributed by atoms with E-state index in [-0.39, 0.29) is 18.2 Å². The Balaban J connectivity index is 2.83. The number of carboxylic acids is 1. The second-order valence-corrected chi connectivity index (χ2v) is 4.34. The van der Waals surface area contributed by atoms with E-state index in [4.69, 9.17) is 5.11 Å². The van der Waals surface area contributed by atoms with E-state index < -0.39 is 16.9 Å². The summed E-state index contributed by atoms with van der Waals surface area (Å²) in [5.41, 5.74) is 0.603. The lowest BCUT2D eigenvalue weighted by molar-refractivity contribution is -0.384. The van der Waals surface area contributed by atoms with Crippen LogP contribution >= 0.6 is 0 Å². The third-order valence-electron chi connectivity index (χ3n) is 2.39. The molecule has 18 heavy (non-hydrogen) atoms. The average Bonchev–Trinajstić information content (AvgIpc) is 2.27. The molecule has 1 atom stereocenters. The van der Waals surface area contributed by atoms with E-state index >= 15 is 0 Å². The van der Waals surface area contributed by atoms with Crippen LogP contribution in [0.15, 0.2) is 24.3 Å². The molecule has 0 bridgehead atoms. The standard InChI is InChI=1S/C12H16N2O4/c1-8(2)13-11(12(15)16)7-9-4-3-5-10(6-9)14(17)18/h3-6,8,11,13H,7H2,1-2H3,(H,15,16). The van der Waals surface area contributed by atoms with Crippen LogP contribution in [0.25, 0.3) is 0 Å². The topological polar surface area (TPSA) is 92.5 Å². The Morgan fingerprint density at radius 2 is 2.17 bits per heavy atom. The molecule has 6 heteroatoms. The number of aliphatic carboxylic acids is 1. The van der Waals surface area contributed by atoms with Crippen molar-refractivity contribution in [2.45, 2.75) is 32.4 Å². The lowest BCUT2D eigenvalue weighted by Crippen LogP contribution is -2.42. The van der Waals surface area contributed by atoms with Crippen LogP contribution in [-0.2, 0) is 11.2 Å².